The van der Waals surface area contributed by atoms with Crippen molar-refractivity contribution in [2.45, 2.75) is 0 Å². The highest BCUT2D eigenvalue weighted by Crippen LogP contribution is 2.23. The lowest BCUT2D eigenvalue weighted by Crippen LogP contribution is -2.26. The molecule has 0 aliphatic carbocycles. The van der Waals surface area contributed by atoms with E-state index in [1.54, 1.807) is 7.11 Å². The number of benzene rings is 2. The summed E-state index contributed by atoms with van der Waals surface area (Å²) in [7, 11) is 3.71. The summed E-state index contributed by atoms with van der Waals surface area (Å²) in [6.07, 6.45) is 4.08. The molecule has 1 amide bonds. The average Bonchev–Trinajstić information content (AvgIpc) is 2.86. The van der Waals surface area contributed by atoms with E-state index in [1.165, 1.54) is 5.69 Å². The van der Waals surface area contributed by atoms with Crippen molar-refractivity contribution >= 4 is 23.4 Å². The molecule has 1 aliphatic rings. The van der Waals surface area contributed by atoms with Crippen LogP contribution in [0, 0.1) is 0 Å². The molecular formula is C22H25N3O2. The number of aliphatic imine (C=N–C) groups is 1. The number of carbonyl (C=O) groups is 1. The number of carbonyl (C=O) groups excluding carboxylic acids is 1. The van der Waals surface area contributed by atoms with Crippen molar-refractivity contribution in [3.05, 3.63) is 71.3 Å². The molecule has 1 aliphatic heterocycles. The van der Waals surface area contributed by atoms with E-state index in [0.29, 0.717) is 18.7 Å². The number of benzodiazepines with no additional fused rings is 1. The fraction of sp³-hybridized carbons (Fsp3) is 0.273. The maximum Gasteiger partial charge on any atom is 0.251 e. The van der Waals surface area contributed by atoms with Crippen LogP contribution in [0.3, 0.4) is 0 Å². The number of hydrogen-bond acceptors (Lipinski definition) is 4. The van der Waals surface area contributed by atoms with Gasteiger partial charge in [-0.05, 0) is 29.8 Å². The number of amides is 1. The van der Waals surface area contributed by atoms with Gasteiger partial charge in [-0.3, -0.25) is 9.79 Å². The standard InChI is InChI=1S/C22H25N3O2/c1-25-15-13-23-20(19-5-3-4-6-21(19)25)12-9-17-7-10-18(11-8-17)22(26)24-14-16-27-2/h3-12H,13-16H2,1-2H3,(H,24,26). The molecule has 0 saturated heterocycles. The Bertz CT molecular complexity index is 841. The maximum atomic E-state index is 12.0. The van der Waals surface area contributed by atoms with Crippen LogP contribution in [-0.4, -0.2) is 52.0 Å². The van der Waals surface area contributed by atoms with Gasteiger partial charge >= 0.3 is 0 Å². The molecule has 0 fully saturated rings. The highest BCUT2D eigenvalue weighted by atomic mass is 16.5. The van der Waals surface area contributed by atoms with E-state index in [1.807, 2.05) is 42.5 Å². The number of nitrogens with one attached hydrogen (secondary N) is 1. The molecule has 0 unspecified atom stereocenters. The van der Waals surface area contributed by atoms with Crippen LogP contribution in [0.15, 0.2) is 59.6 Å². The number of anilines is 1. The van der Waals surface area contributed by atoms with E-state index in [-0.39, 0.29) is 5.91 Å². The summed E-state index contributed by atoms with van der Waals surface area (Å²) in [5.41, 5.74) is 4.99. The van der Waals surface area contributed by atoms with Crippen molar-refractivity contribution in [2.24, 2.45) is 4.99 Å². The predicted octanol–water partition coefficient (Wildman–Crippen LogP) is 3.02. The lowest BCUT2D eigenvalue weighted by Gasteiger charge is -2.18. The summed E-state index contributed by atoms with van der Waals surface area (Å²) < 4.78 is 4.94. The van der Waals surface area contributed by atoms with E-state index in [2.05, 4.69) is 35.5 Å². The van der Waals surface area contributed by atoms with Gasteiger partial charge in [0, 0.05) is 44.1 Å². The topological polar surface area (TPSA) is 53.9 Å². The van der Waals surface area contributed by atoms with Crippen LogP contribution in [0.4, 0.5) is 5.69 Å². The van der Waals surface area contributed by atoms with Crippen LogP contribution in [0.1, 0.15) is 21.5 Å². The molecule has 140 valence electrons. The molecule has 0 atom stereocenters. The minimum atomic E-state index is -0.0901. The first-order chi connectivity index (χ1) is 13.2. The number of rotatable bonds is 6. The summed E-state index contributed by atoms with van der Waals surface area (Å²) in [5.74, 6) is -0.0901. The smallest absolute Gasteiger partial charge is 0.251 e. The van der Waals surface area contributed by atoms with E-state index in [0.717, 1.165) is 29.9 Å². The third-order valence-electron chi connectivity index (χ3n) is 4.51. The number of ether oxygens (including phenoxy) is 1. The fourth-order valence-corrected chi connectivity index (χ4v) is 2.98. The van der Waals surface area contributed by atoms with Gasteiger partial charge in [0.05, 0.1) is 18.9 Å². The molecule has 0 aromatic heterocycles. The zero-order valence-electron chi connectivity index (χ0n) is 15.8. The monoisotopic (exact) mass is 363 g/mol. The molecule has 0 spiro atoms. The number of hydrogen-bond donors (Lipinski definition) is 1. The Morgan fingerprint density at radius 2 is 1.96 bits per heavy atom. The van der Waals surface area contributed by atoms with Crippen LogP contribution < -0.4 is 10.2 Å². The number of nitrogens with zero attached hydrogens (tertiary/aromatic N) is 2. The zero-order valence-corrected chi connectivity index (χ0v) is 15.8. The normalized spacial score (nSPS) is 13.9. The summed E-state index contributed by atoms with van der Waals surface area (Å²) in [4.78, 5) is 19.0. The van der Waals surface area contributed by atoms with E-state index < -0.39 is 0 Å². The number of fused-ring (bicyclic) bond motifs is 1. The van der Waals surface area contributed by atoms with E-state index in [9.17, 15) is 4.79 Å². The molecule has 2 aromatic carbocycles. The highest BCUT2D eigenvalue weighted by molar-refractivity contribution is 6.14. The van der Waals surface area contributed by atoms with Crippen LogP contribution in [0.25, 0.3) is 6.08 Å². The SMILES string of the molecule is COCCNC(=O)c1ccc(C=CC2=NCCN(C)c3ccccc32)cc1. The third kappa shape index (κ3) is 4.83. The Morgan fingerprint density at radius 3 is 2.74 bits per heavy atom. The van der Waals surface area contributed by atoms with Gasteiger partial charge in [-0.25, -0.2) is 0 Å². The number of allylic oxidation sites excluding steroid dienone is 1. The van der Waals surface area contributed by atoms with Crippen molar-refractivity contribution in [2.75, 3.05) is 45.3 Å². The predicted molar refractivity (Wildman–Crippen MR) is 111 cm³/mol. The molecule has 27 heavy (non-hydrogen) atoms. The number of methoxy groups -OCH3 is 1. The quantitative estimate of drug-likeness (QED) is 0.803. The van der Waals surface area contributed by atoms with Gasteiger partial charge in [0.15, 0.2) is 0 Å². The van der Waals surface area contributed by atoms with Crippen LogP contribution in [0.5, 0.6) is 0 Å². The Morgan fingerprint density at radius 1 is 1.19 bits per heavy atom. The summed E-state index contributed by atoms with van der Waals surface area (Å²) in [6.45, 7) is 2.68. The molecule has 1 heterocycles. The second-order valence-corrected chi connectivity index (χ2v) is 6.41. The molecule has 3 rings (SSSR count). The molecule has 5 heteroatoms. The van der Waals surface area contributed by atoms with Crippen LogP contribution >= 0.6 is 0 Å². The fourth-order valence-electron chi connectivity index (χ4n) is 2.98. The third-order valence-corrected chi connectivity index (χ3v) is 4.51. The molecule has 1 N–H and O–H groups in total. The van der Waals surface area contributed by atoms with Gasteiger partial charge in [-0.2, -0.15) is 0 Å². The average molecular weight is 363 g/mol. The van der Waals surface area contributed by atoms with Gasteiger partial charge in [-0.15, -0.1) is 0 Å². The summed E-state index contributed by atoms with van der Waals surface area (Å²) in [6, 6.07) is 15.9. The zero-order chi connectivity index (χ0) is 19.1. The lowest BCUT2D eigenvalue weighted by molar-refractivity contribution is 0.0937. The number of para-hydroxylation sites is 1. The first-order valence-corrected chi connectivity index (χ1v) is 9.09. The van der Waals surface area contributed by atoms with Crippen molar-refractivity contribution in [3.63, 3.8) is 0 Å². The molecule has 2 aromatic rings. The van der Waals surface area contributed by atoms with E-state index in [4.69, 9.17) is 9.73 Å². The summed E-state index contributed by atoms with van der Waals surface area (Å²) in [5, 5.41) is 2.82. The number of likely N-dealkylation sites (N-methyl/N-ethyl adjacent to an activating group) is 1. The maximum absolute atomic E-state index is 12.0. The minimum absolute atomic E-state index is 0.0901. The van der Waals surface area contributed by atoms with Gasteiger partial charge in [-0.1, -0.05) is 36.4 Å². The molecule has 0 bridgehead atoms. The molecule has 0 saturated carbocycles. The van der Waals surface area contributed by atoms with Gasteiger partial charge in [0.2, 0.25) is 0 Å². The molecule has 0 radical (unpaired) electrons. The van der Waals surface area contributed by atoms with Crippen LogP contribution in [0.2, 0.25) is 0 Å². The van der Waals surface area contributed by atoms with Gasteiger partial charge < -0.3 is 15.0 Å². The summed E-state index contributed by atoms with van der Waals surface area (Å²) >= 11 is 0. The van der Waals surface area contributed by atoms with Crippen molar-refractivity contribution < 1.29 is 9.53 Å². The van der Waals surface area contributed by atoms with Crippen molar-refractivity contribution in [1.29, 1.82) is 0 Å². The Balaban J connectivity index is 1.72. The lowest BCUT2D eigenvalue weighted by atomic mass is 10.0. The first-order valence-electron chi connectivity index (χ1n) is 9.09. The minimum Gasteiger partial charge on any atom is -0.383 e. The Labute approximate surface area is 160 Å². The van der Waals surface area contributed by atoms with Gasteiger partial charge in [0.1, 0.15) is 0 Å². The van der Waals surface area contributed by atoms with Gasteiger partial charge in [0.25, 0.3) is 5.91 Å². The molecule has 5 nitrogen and oxygen atoms in total. The van der Waals surface area contributed by atoms with E-state index >= 15 is 0 Å². The van der Waals surface area contributed by atoms with Crippen molar-refractivity contribution in [1.82, 2.24) is 5.32 Å². The Kier molecular flexibility index (Phi) is 6.39. The Hall–Kier alpha value is -2.92. The largest absolute Gasteiger partial charge is 0.383 e. The first kappa shape index (κ1) is 18.9. The second kappa shape index (κ2) is 9.14. The highest BCUT2D eigenvalue weighted by Gasteiger charge is 2.13. The van der Waals surface area contributed by atoms with Crippen molar-refractivity contribution in [3.8, 4) is 0 Å². The second-order valence-electron chi connectivity index (χ2n) is 6.41. The molecular weight excluding hydrogens is 338 g/mol. The van der Waals surface area contributed by atoms with Crippen LogP contribution in [-0.2, 0) is 4.74 Å².